The molecule has 6 heteroatoms. The van der Waals surface area contributed by atoms with Gasteiger partial charge in [0.15, 0.2) is 0 Å². The third kappa shape index (κ3) is 2.54. The smallest absolute Gasteiger partial charge is 0.226 e. The molecule has 1 saturated carbocycles. The molecule has 0 aromatic carbocycles. The molecule has 18 heavy (non-hydrogen) atoms. The van der Waals surface area contributed by atoms with Crippen LogP contribution in [0.3, 0.4) is 0 Å². The Morgan fingerprint density at radius 2 is 1.78 bits per heavy atom. The molecule has 1 saturated heterocycles. The molecule has 2 aliphatic rings. The van der Waals surface area contributed by atoms with Gasteiger partial charge in [-0.25, -0.2) is 13.1 Å². The van der Waals surface area contributed by atoms with Crippen molar-refractivity contribution in [1.29, 1.82) is 0 Å². The molecule has 104 valence electrons. The molecular formula is C12H22N2O3S. The number of sulfonamides is 1. The number of nitrogens with one attached hydrogen (secondary N) is 1. The Bertz CT molecular complexity index is 436. The molecule has 5 nitrogen and oxygen atoms in total. The summed E-state index contributed by atoms with van der Waals surface area (Å²) in [5, 5.41) is -0.348. The van der Waals surface area contributed by atoms with Gasteiger partial charge >= 0.3 is 0 Å². The van der Waals surface area contributed by atoms with Crippen LogP contribution >= 0.6 is 0 Å². The largest absolute Gasteiger partial charge is 0.342 e. The van der Waals surface area contributed by atoms with E-state index in [1.807, 2.05) is 4.90 Å². The Kier molecular flexibility index (Phi) is 3.44. The Balaban J connectivity index is 1.90. The van der Waals surface area contributed by atoms with Crippen LogP contribution in [0, 0.1) is 11.3 Å². The molecule has 1 N–H and O–H groups in total. The summed E-state index contributed by atoms with van der Waals surface area (Å²) in [6.07, 6.45) is 2.05. The van der Waals surface area contributed by atoms with Gasteiger partial charge in [-0.15, -0.1) is 0 Å². The van der Waals surface area contributed by atoms with Gasteiger partial charge in [-0.05, 0) is 31.7 Å². The van der Waals surface area contributed by atoms with E-state index in [0.29, 0.717) is 25.9 Å². The summed E-state index contributed by atoms with van der Waals surface area (Å²) in [7, 11) is -1.74. The van der Waals surface area contributed by atoms with Crippen LogP contribution < -0.4 is 4.72 Å². The molecule has 1 aliphatic carbocycles. The number of hydrogen-bond donors (Lipinski definition) is 1. The van der Waals surface area contributed by atoms with Gasteiger partial charge in [0, 0.05) is 19.0 Å². The van der Waals surface area contributed by atoms with Crippen molar-refractivity contribution < 1.29 is 13.2 Å². The average molecular weight is 274 g/mol. The topological polar surface area (TPSA) is 66.5 Å². The van der Waals surface area contributed by atoms with Gasteiger partial charge in [0.2, 0.25) is 15.9 Å². The van der Waals surface area contributed by atoms with Crippen molar-refractivity contribution in [3.63, 3.8) is 0 Å². The van der Waals surface area contributed by atoms with Crippen LogP contribution in [-0.2, 0) is 14.8 Å². The predicted octanol–water partition coefficient (Wildman–Crippen LogP) is 0.573. The number of rotatable bonds is 3. The van der Waals surface area contributed by atoms with Crippen LogP contribution in [0.4, 0.5) is 0 Å². The fourth-order valence-corrected chi connectivity index (χ4v) is 3.83. The van der Waals surface area contributed by atoms with Crippen LogP contribution in [0.2, 0.25) is 0 Å². The Hall–Kier alpha value is -0.620. The molecule has 1 atom stereocenters. The zero-order valence-electron chi connectivity index (χ0n) is 11.3. The Morgan fingerprint density at radius 1 is 1.28 bits per heavy atom. The third-order valence-electron chi connectivity index (χ3n) is 4.29. The molecule has 2 rings (SSSR count). The van der Waals surface area contributed by atoms with Crippen LogP contribution in [0.1, 0.15) is 33.1 Å². The van der Waals surface area contributed by atoms with Gasteiger partial charge in [0.05, 0.1) is 5.25 Å². The summed E-state index contributed by atoms with van der Waals surface area (Å²) in [5.41, 5.74) is 0.144. The zero-order valence-corrected chi connectivity index (χ0v) is 12.1. The summed E-state index contributed by atoms with van der Waals surface area (Å²) >= 11 is 0. The highest BCUT2D eigenvalue weighted by atomic mass is 32.2. The average Bonchev–Trinajstić information content (AvgIpc) is 2.98. The molecule has 0 radical (unpaired) electrons. The van der Waals surface area contributed by atoms with Crippen LogP contribution in [0.25, 0.3) is 0 Å². The number of nitrogens with zero attached hydrogens (tertiary/aromatic N) is 1. The fourth-order valence-electron chi connectivity index (χ4n) is 2.66. The van der Waals surface area contributed by atoms with E-state index in [1.54, 1.807) is 0 Å². The van der Waals surface area contributed by atoms with Crippen molar-refractivity contribution >= 4 is 15.9 Å². The lowest BCUT2D eigenvalue weighted by molar-refractivity contribution is -0.134. The Labute approximate surface area is 109 Å². The highest BCUT2D eigenvalue weighted by Crippen LogP contribution is 2.52. The first kappa shape index (κ1) is 13.8. The summed E-state index contributed by atoms with van der Waals surface area (Å²) < 4.78 is 25.7. The zero-order chi connectivity index (χ0) is 13.6. The van der Waals surface area contributed by atoms with Crippen LogP contribution in [0.15, 0.2) is 0 Å². The van der Waals surface area contributed by atoms with Gasteiger partial charge < -0.3 is 4.90 Å². The standard InChI is InChI=1S/C12H22N2O3S/c1-12(2)8-10(12)11(15)14-6-4-9(5-7-14)18(16,17)13-3/h9-10,13H,4-8H2,1-3H3/t10-/m1/s1. The highest BCUT2D eigenvalue weighted by molar-refractivity contribution is 7.90. The number of piperidine rings is 1. The normalized spacial score (nSPS) is 28.2. The molecule has 0 bridgehead atoms. The van der Waals surface area contributed by atoms with Gasteiger partial charge in [-0.3, -0.25) is 4.79 Å². The monoisotopic (exact) mass is 274 g/mol. The molecule has 1 aliphatic heterocycles. The SMILES string of the molecule is CNS(=O)(=O)C1CCN(C(=O)[C@H]2CC2(C)C)CC1. The van der Waals surface area contributed by atoms with E-state index >= 15 is 0 Å². The first-order chi connectivity index (χ1) is 8.28. The number of hydrogen-bond acceptors (Lipinski definition) is 3. The van der Waals surface area contributed by atoms with Crippen molar-refractivity contribution in [3.8, 4) is 0 Å². The molecule has 1 amide bonds. The number of likely N-dealkylation sites (tertiary alicyclic amines) is 1. The van der Waals surface area contributed by atoms with E-state index in [9.17, 15) is 13.2 Å². The van der Waals surface area contributed by atoms with E-state index in [2.05, 4.69) is 18.6 Å². The van der Waals surface area contributed by atoms with Gasteiger partial charge in [0.25, 0.3) is 0 Å². The minimum Gasteiger partial charge on any atom is -0.342 e. The van der Waals surface area contributed by atoms with E-state index < -0.39 is 10.0 Å². The molecule has 1 heterocycles. The van der Waals surface area contributed by atoms with Crippen molar-refractivity contribution in [2.45, 2.75) is 38.4 Å². The van der Waals surface area contributed by atoms with Gasteiger partial charge in [-0.1, -0.05) is 13.8 Å². The second-order valence-corrected chi connectivity index (χ2v) is 8.18. The number of carbonyl (C=O) groups excluding carboxylic acids is 1. The lowest BCUT2D eigenvalue weighted by Gasteiger charge is -2.32. The molecule has 0 unspecified atom stereocenters. The van der Waals surface area contributed by atoms with E-state index in [0.717, 1.165) is 6.42 Å². The van der Waals surface area contributed by atoms with E-state index in [4.69, 9.17) is 0 Å². The second-order valence-electron chi connectivity index (χ2n) is 6.02. The van der Waals surface area contributed by atoms with E-state index in [1.165, 1.54) is 7.05 Å². The Morgan fingerprint density at radius 3 is 2.17 bits per heavy atom. The first-order valence-corrected chi connectivity index (χ1v) is 8.04. The van der Waals surface area contributed by atoms with Crippen LogP contribution in [0.5, 0.6) is 0 Å². The minimum atomic E-state index is -3.19. The summed E-state index contributed by atoms with van der Waals surface area (Å²) in [6.45, 7) is 5.34. The summed E-state index contributed by atoms with van der Waals surface area (Å²) in [6, 6.07) is 0. The maximum atomic E-state index is 12.2. The van der Waals surface area contributed by atoms with Gasteiger partial charge in [-0.2, -0.15) is 0 Å². The lowest BCUT2D eigenvalue weighted by Crippen LogP contribution is -2.45. The fraction of sp³-hybridized carbons (Fsp3) is 0.917. The molecule has 0 aromatic heterocycles. The molecular weight excluding hydrogens is 252 g/mol. The number of carbonyl (C=O) groups is 1. The summed E-state index contributed by atoms with van der Waals surface area (Å²) in [5.74, 6) is 0.357. The third-order valence-corrected chi connectivity index (χ3v) is 6.21. The lowest BCUT2D eigenvalue weighted by atomic mass is 10.1. The van der Waals surface area contributed by atoms with Crippen molar-refractivity contribution in [2.75, 3.05) is 20.1 Å². The van der Waals surface area contributed by atoms with Crippen molar-refractivity contribution in [1.82, 2.24) is 9.62 Å². The quantitative estimate of drug-likeness (QED) is 0.818. The maximum absolute atomic E-state index is 12.2. The summed E-state index contributed by atoms with van der Waals surface area (Å²) in [4.78, 5) is 14.0. The number of amides is 1. The maximum Gasteiger partial charge on any atom is 0.226 e. The van der Waals surface area contributed by atoms with Crippen LogP contribution in [-0.4, -0.2) is 44.6 Å². The first-order valence-electron chi connectivity index (χ1n) is 6.49. The van der Waals surface area contributed by atoms with Crippen molar-refractivity contribution in [2.24, 2.45) is 11.3 Å². The molecule has 2 fully saturated rings. The minimum absolute atomic E-state index is 0.144. The molecule has 0 spiro atoms. The predicted molar refractivity (Wildman–Crippen MR) is 69.5 cm³/mol. The van der Waals surface area contributed by atoms with Crippen molar-refractivity contribution in [3.05, 3.63) is 0 Å². The highest BCUT2D eigenvalue weighted by Gasteiger charge is 2.52. The van der Waals surface area contributed by atoms with Gasteiger partial charge in [0.1, 0.15) is 0 Å². The second kappa shape index (κ2) is 4.49. The molecule has 0 aromatic rings. The van der Waals surface area contributed by atoms with E-state index in [-0.39, 0.29) is 22.5 Å².